The lowest BCUT2D eigenvalue weighted by atomic mass is 9.31. The Morgan fingerprint density at radius 2 is 1.23 bits per heavy atom. The normalized spacial score (nSPS) is 13.6. The van der Waals surface area contributed by atoms with Gasteiger partial charge in [-0.05, 0) is 48.6 Å². The highest BCUT2D eigenvalue weighted by Gasteiger charge is 2.41. The van der Waals surface area contributed by atoms with Crippen molar-refractivity contribution in [1.82, 2.24) is 0 Å². The molecular weight excluding hydrogens is 367 g/mol. The van der Waals surface area contributed by atoms with E-state index in [9.17, 15) is 0 Å². The summed E-state index contributed by atoms with van der Waals surface area (Å²) in [6.45, 7) is 8.96. The van der Waals surface area contributed by atoms with Crippen LogP contribution in [0.5, 0.6) is 0 Å². The van der Waals surface area contributed by atoms with Crippen molar-refractivity contribution in [2.75, 3.05) is 0 Å². The third-order valence-corrected chi connectivity index (χ3v) is 7.17. The zero-order valence-electron chi connectivity index (χ0n) is 17.6. The van der Waals surface area contributed by atoms with Gasteiger partial charge < -0.3 is 8.83 Å². The fraction of sp³-hybridized carbons (Fsp3) is 0.185. The molecule has 144 valence electrons. The fourth-order valence-corrected chi connectivity index (χ4v) is 5.93. The maximum absolute atomic E-state index is 6.26. The van der Waals surface area contributed by atoms with Gasteiger partial charge in [-0.3, -0.25) is 0 Å². The minimum atomic E-state index is 0.206. The topological polar surface area (TPSA) is 26.3 Å². The van der Waals surface area contributed by atoms with E-state index >= 15 is 0 Å². The summed E-state index contributed by atoms with van der Waals surface area (Å²) in [4.78, 5) is 0. The molecule has 0 fully saturated rings. The molecule has 0 bridgehead atoms. The zero-order chi connectivity index (χ0) is 20.3. The molecular formula is C27H21BO2. The second-order valence-electron chi connectivity index (χ2n) is 9.12. The largest absolute Gasteiger partial charge is 0.461 e. The van der Waals surface area contributed by atoms with Gasteiger partial charge in [0.05, 0.1) is 0 Å². The van der Waals surface area contributed by atoms with Crippen LogP contribution in [-0.4, -0.2) is 6.71 Å². The summed E-state index contributed by atoms with van der Waals surface area (Å²) in [6, 6.07) is 17.8. The third-order valence-electron chi connectivity index (χ3n) is 7.17. The van der Waals surface area contributed by atoms with Gasteiger partial charge in [-0.15, -0.1) is 0 Å². The Morgan fingerprint density at radius 1 is 0.733 bits per heavy atom. The van der Waals surface area contributed by atoms with Crippen molar-refractivity contribution in [1.29, 1.82) is 0 Å². The quantitative estimate of drug-likeness (QED) is 0.352. The molecule has 4 heterocycles. The molecule has 2 nitrogen and oxygen atoms in total. The Bertz CT molecular complexity index is 1440. The summed E-state index contributed by atoms with van der Waals surface area (Å²) in [5.74, 6) is 2.46. The summed E-state index contributed by atoms with van der Waals surface area (Å²) in [5, 5.41) is 2.56. The summed E-state index contributed by atoms with van der Waals surface area (Å²) in [5.41, 5.74) is 12.7. The number of hydrogen-bond acceptors (Lipinski definition) is 2. The number of hydrogen-bond donors (Lipinski definition) is 0. The van der Waals surface area contributed by atoms with E-state index in [4.69, 9.17) is 8.83 Å². The molecule has 0 unspecified atom stereocenters. The number of fused-ring (bicyclic) bond motifs is 4. The van der Waals surface area contributed by atoms with Crippen molar-refractivity contribution in [3.63, 3.8) is 0 Å². The third kappa shape index (κ3) is 1.78. The molecule has 2 aliphatic rings. The maximum atomic E-state index is 6.26. The Morgan fingerprint density at radius 3 is 1.70 bits per heavy atom. The van der Waals surface area contributed by atoms with Crippen LogP contribution in [0.2, 0.25) is 0 Å². The second-order valence-corrected chi connectivity index (χ2v) is 9.12. The van der Waals surface area contributed by atoms with E-state index in [2.05, 4.69) is 76.2 Å². The molecule has 3 heteroatoms. The standard InChI is InChI=1S/C27H21BO2/c1-13(2)16-11-17-23-14(3)29-21-9-5-7-19(25(21)23)28-20-8-6-10-22-26(20)24(15(4)30-22)18(12-16)27(17)28/h5-13H,1-4H3. The highest BCUT2D eigenvalue weighted by Crippen LogP contribution is 2.44. The molecule has 3 aromatic carbocycles. The van der Waals surface area contributed by atoms with Crippen LogP contribution >= 0.6 is 0 Å². The lowest BCUT2D eigenvalue weighted by molar-refractivity contribution is 0.580. The van der Waals surface area contributed by atoms with E-state index < -0.39 is 0 Å². The maximum Gasteiger partial charge on any atom is 0.244 e. The van der Waals surface area contributed by atoms with Crippen LogP contribution in [0.3, 0.4) is 0 Å². The van der Waals surface area contributed by atoms with Crippen molar-refractivity contribution in [3.8, 4) is 22.3 Å². The smallest absolute Gasteiger partial charge is 0.244 e. The minimum absolute atomic E-state index is 0.206. The molecule has 0 amide bonds. The number of rotatable bonds is 1. The van der Waals surface area contributed by atoms with E-state index in [1.54, 1.807) is 0 Å². The number of aryl methyl sites for hydroxylation is 2. The molecule has 0 saturated carbocycles. The average molecular weight is 388 g/mol. The van der Waals surface area contributed by atoms with E-state index in [-0.39, 0.29) is 6.71 Å². The SMILES string of the molecule is Cc1oc2cccc3c2c1-c1cc(C(C)C)cc2c1B3c1cccc3oc(C)c-2c13. The van der Waals surface area contributed by atoms with E-state index in [0.29, 0.717) is 5.92 Å². The van der Waals surface area contributed by atoms with Crippen molar-refractivity contribution in [2.45, 2.75) is 33.6 Å². The van der Waals surface area contributed by atoms with Gasteiger partial charge in [-0.2, -0.15) is 0 Å². The fourth-order valence-electron chi connectivity index (χ4n) is 5.93. The van der Waals surface area contributed by atoms with Crippen molar-refractivity contribution in [3.05, 3.63) is 65.6 Å². The van der Waals surface area contributed by atoms with Crippen molar-refractivity contribution in [2.24, 2.45) is 0 Å². The predicted octanol–water partition coefficient (Wildman–Crippen LogP) is 5.40. The van der Waals surface area contributed by atoms with Gasteiger partial charge in [0, 0.05) is 21.9 Å². The van der Waals surface area contributed by atoms with Gasteiger partial charge in [-0.25, -0.2) is 0 Å². The Hall–Kier alpha value is -3.20. The van der Waals surface area contributed by atoms with Crippen LogP contribution < -0.4 is 16.4 Å². The molecule has 0 N–H and O–H groups in total. The predicted molar refractivity (Wildman–Crippen MR) is 125 cm³/mol. The van der Waals surface area contributed by atoms with Gasteiger partial charge in [0.1, 0.15) is 22.7 Å². The molecule has 2 aliphatic heterocycles. The Labute approximate surface area is 175 Å². The molecule has 0 saturated heterocycles. The Balaban J connectivity index is 1.77. The summed E-state index contributed by atoms with van der Waals surface area (Å²) in [7, 11) is 0. The number of benzene rings is 3. The van der Waals surface area contributed by atoms with Gasteiger partial charge in [0.2, 0.25) is 6.71 Å². The first-order valence-electron chi connectivity index (χ1n) is 10.8. The highest BCUT2D eigenvalue weighted by molar-refractivity contribution is 7.01. The summed E-state index contributed by atoms with van der Waals surface area (Å²) >= 11 is 0. The molecule has 5 aromatic rings. The monoisotopic (exact) mass is 388 g/mol. The first-order valence-corrected chi connectivity index (χ1v) is 10.8. The molecule has 0 radical (unpaired) electrons. The second kappa shape index (κ2) is 5.29. The van der Waals surface area contributed by atoms with Gasteiger partial charge in [-0.1, -0.05) is 66.6 Å². The van der Waals surface area contributed by atoms with Crippen LogP contribution in [0.4, 0.5) is 0 Å². The molecule has 7 rings (SSSR count). The molecule has 30 heavy (non-hydrogen) atoms. The summed E-state index contributed by atoms with van der Waals surface area (Å²) < 4.78 is 12.5. The molecule has 0 spiro atoms. The van der Waals surface area contributed by atoms with E-state index in [1.165, 1.54) is 55.0 Å². The van der Waals surface area contributed by atoms with Gasteiger partial charge in [0.25, 0.3) is 0 Å². The van der Waals surface area contributed by atoms with E-state index in [1.807, 2.05) is 0 Å². The van der Waals surface area contributed by atoms with Crippen molar-refractivity contribution >= 4 is 45.0 Å². The highest BCUT2D eigenvalue weighted by atomic mass is 16.3. The lowest BCUT2D eigenvalue weighted by Gasteiger charge is -2.32. The molecule has 2 aromatic heterocycles. The summed E-state index contributed by atoms with van der Waals surface area (Å²) in [6.07, 6.45) is 0. The minimum Gasteiger partial charge on any atom is -0.461 e. The van der Waals surface area contributed by atoms with Crippen molar-refractivity contribution < 1.29 is 8.83 Å². The Kier molecular flexibility index (Phi) is 2.92. The van der Waals surface area contributed by atoms with Crippen LogP contribution in [0.15, 0.2) is 57.4 Å². The van der Waals surface area contributed by atoms with Crippen LogP contribution in [0.1, 0.15) is 36.8 Å². The van der Waals surface area contributed by atoms with E-state index in [0.717, 1.165) is 22.7 Å². The first kappa shape index (κ1) is 16.6. The average Bonchev–Trinajstić information content (AvgIpc) is 3.25. The lowest BCUT2D eigenvalue weighted by Crippen LogP contribution is -2.57. The van der Waals surface area contributed by atoms with Crippen LogP contribution in [0, 0.1) is 13.8 Å². The van der Waals surface area contributed by atoms with Gasteiger partial charge >= 0.3 is 0 Å². The zero-order valence-corrected chi connectivity index (χ0v) is 17.6. The number of furan rings is 2. The van der Waals surface area contributed by atoms with Gasteiger partial charge in [0.15, 0.2) is 0 Å². The first-order chi connectivity index (χ1) is 14.5. The van der Waals surface area contributed by atoms with Crippen LogP contribution in [-0.2, 0) is 0 Å². The van der Waals surface area contributed by atoms with Crippen LogP contribution in [0.25, 0.3) is 44.2 Å². The molecule has 0 atom stereocenters. The molecule has 0 aliphatic carbocycles.